The van der Waals surface area contributed by atoms with Crippen LogP contribution in [0.15, 0.2) is 24.4 Å². The summed E-state index contributed by atoms with van der Waals surface area (Å²) in [6.07, 6.45) is 2.89. The molecule has 3 aliphatic heterocycles. The lowest BCUT2D eigenvalue weighted by molar-refractivity contribution is 0.00316. The summed E-state index contributed by atoms with van der Waals surface area (Å²) in [4.78, 5) is 10.9. The van der Waals surface area contributed by atoms with Gasteiger partial charge in [0.05, 0.1) is 19.4 Å². The van der Waals surface area contributed by atoms with E-state index in [1.165, 1.54) is 6.20 Å². The first-order valence-electron chi connectivity index (χ1n) is 12.7. The number of fused-ring (bicyclic) bond motifs is 1. The number of benzene rings is 1. The third kappa shape index (κ3) is 6.16. The van der Waals surface area contributed by atoms with Crippen molar-refractivity contribution in [2.45, 2.75) is 63.8 Å². The van der Waals surface area contributed by atoms with Crippen molar-refractivity contribution in [1.82, 2.24) is 20.2 Å². The van der Waals surface area contributed by atoms with Crippen LogP contribution in [0.1, 0.15) is 40.5 Å². The van der Waals surface area contributed by atoms with Gasteiger partial charge in [-0.3, -0.25) is 4.90 Å². The van der Waals surface area contributed by atoms with E-state index in [1.807, 2.05) is 18.2 Å². The molecule has 4 heterocycles. The number of aromatic nitrogens is 2. The summed E-state index contributed by atoms with van der Waals surface area (Å²) >= 11 is 0. The third-order valence-electron chi connectivity index (χ3n) is 6.76. The number of nitrogens with one attached hydrogen (secondary N) is 3. The second-order valence-electron chi connectivity index (χ2n) is 11.3. The Bertz CT molecular complexity index is 1060. The minimum Gasteiger partial charge on any atom is -0.486 e. The van der Waals surface area contributed by atoms with Crippen LogP contribution in [0, 0.1) is 5.82 Å². The maximum absolute atomic E-state index is 14.6. The molecule has 9 nitrogen and oxygen atoms in total. The topological polar surface area (TPSA) is 92.8 Å². The minimum atomic E-state index is -0.469. The largest absolute Gasteiger partial charge is 0.486 e. The normalized spacial score (nSPS) is 23.8. The van der Waals surface area contributed by atoms with Crippen LogP contribution >= 0.6 is 0 Å². The third-order valence-corrected chi connectivity index (χ3v) is 6.76. The van der Waals surface area contributed by atoms with Gasteiger partial charge in [0.25, 0.3) is 0 Å². The average Bonchev–Trinajstić information content (AvgIpc) is 2.80. The van der Waals surface area contributed by atoms with E-state index in [0.29, 0.717) is 24.1 Å². The van der Waals surface area contributed by atoms with Crippen LogP contribution in [0.25, 0.3) is 0 Å². The molecule has 1 unspecified atom stereocenters. The maximum atomic E-state index is 14.6. The Morgan fingerprint density at radius 2 is 1.86 bits per heavy atom. The van der Waals surface area contributed by atoms with Crippen LogP contribution < -0.4 is 25.4 Å². The molecule has 196 valence electrons. The molecule has 0 radical (unpaired) electrons. The molecule has 0 amide bonds. The van der Waals surface area contributed by atoms with Crippen molar-refractivity contribution in [3.8, 4) is 11.5 Å². The number of ether oxygens (including phenoxy) is 3. The van der Waals surface area contributed by atoms with Gasteiger partial charge >= 0.3 is 0 Å². The molecule has 1 aromatic carbocycles. The molecule has 0 spiro atoms. The number of nitrogens with zero attached hydrogens (tertiary/aromatic N) is 3. The molecule has 2 fully saturated rings. The molecule has 2 aromatic rings. The smallest absolute Gasteiger partial charge is 0.229 e. The van der Waals surface area contributed by atoms with Gasteiger partial charge in [-0.05, 0) is 52.7 Å². The van der Waals surface area contributed by atoms with Crippen molar-refractivity contribution in [1.29, 1.82) is 0 Å². The van der Waals surface area contributed by atoms with Crippen LogP contribution in [0.2, 0.25) is 0 Å². The summed E-state index contributed by atoms with van der Waals surface area (Å²) in [5, 5.41) is 10.1. The lowest BCUT2D eigenvalue weighted by Crippen LogP contribution is -2.60. The zero-order chi connectivity index (χ0) is 25.3. The molecule has 1 aromatic heterocycles. The van der Waals surface area contributed by atoms with Gasteiger partial charge < -0.3 is 30.2 Å². The Kier molecular flexibility index (Phi) is 6.93. The number of hydrogen-bond donors (Lipinski definition) is 3. The first-order valence-corrected chi connectivity index (χ1v) is 12.7. The first kappa shape index (κ1) is 25.0. The van der Waals surface area contributed by atoms with Crippen molar-refractivity contribution in [3.05, 3.63) is 30.2 Å². The van der Waals surface area contributed by atoms with Crippen LogP contribution in [0.4, 0.5) is 21.8 Å². The van der Waals surface area contributed by atoms with Crippen LogP contribution in [-0.2, 0) is 4.74 Å². The van der Waals surface area contributed by atoms with E-state index in [9.17, 15) is 4.39 Å². The monoisotopic (exact) mass is 500 g/mol. The highest BCUT2D eigenvalue weighted by Gasteiger charge is 2.38. The fourth-order valence-electron chi connectivity index (χ4n) is 5.63. The predicted octanol–water partition coefficient (Wildman–Crippen LogP) is 3.55. The van der Waals surface area contributed by atoms with E-state index in [4.69, 9.17) is 14.2 Å². The van der Waals surface area contributed by atoms with Gasteiger partial charge in [-0.1, -0.05) is 0 Å². The molecule has 10 heteroatoms. The minimum absolute atomic E-state index is 0.0200. The van der Waals surface area contributed by atoms with Crippen LogP contribution in [0.3, 0.4) is 0 Å². The molecule has 1 atom stereocenters. The second-order valence-corrected chi connectivity index (χ2v) is 11.3. The van der Waals surface area contributed by atoms with E-state index < -0.39 is 5.82 Å². The number of morpholine rings is 1. The van der Waals surface area contributed by atoms with E-state index in [0.717, 1.165) is 51.4 Å². The Morgan fingerprint density at radius 1 is 1.11 bits per heavy atom. The summed E-state index contributed by atoms with van der Waals surface area (Å²) in [6, 6.07) is 5.72. The predicted molar refractivity (Wildman–Crippen MR) is 137 cm³/mol. The Hall–Kier alpha value is -2.69. The lowest BCUT2D eigenvalue weighted by Gasteiger charge is -2.46. The summed E-state index contributed by atoms with van der Waals surface area (Å²) < 4.78 is 32.2. The van der Waals surface area contributed by atoms with Crippen LogP contribution in [0.5, 0.6) is 11.5 Å². The molecule has 0 bridgehead atoms. The summed E-state index contributed by atoms with van der Waals surface area (Å²) in [7, 11) is 0. The number of rotatable bonds is 6. The molecule has 0 saturated carbocycles. The molecular formula is C26H37FN6O3. The van der Waals surface area contributed by atoms with Crippen molar-refractivity contribution < 1.29 is 18.6 Å². The summed E-state index contributed by atoms with van der Waals surface area (Å²) in [6.45, 7) is 13.3. The number of piperidine rings is 1. The van der Waals surface area contributed by atoms with Gasteiger partial charge in [0.1, 0.15) is 12.7 Å². The van der Waals surface area contributed by atoms with Crippen molar-refractivity contribution >= 4 is 17.5 Å². The zero-order valence-electron chi connectivity index (χ0n) is 21.6. The molecule has 5 rings (SSSR count). The molecule has 36 heavy (non-hydrogen) atoms. The van der Waals surface area contributed by atoms with Crippen LogP contribution in [-0.4, -0.2) is 77.5 Å². The van der Waals surface area contributed by atoms with Gasteiger partial charge in [-0.25, -0.2) is 9.37 Å². The van der Waals surface area contributed by atoms with Gasteiger partial charge in [0, 0.05) is 48.5 Å². The second kappa shape index (κ2) is 9.99. The lowest BCUT2D eigenvalue weighted by atomic mass is 9.79. The first-order chi connectivity index (χ1) is 17.1. The van der Waals surface area contributed by atoms with E-state index in [-0.39, 0.29) is 29.0 Å². The Labute approximate surface area is 212 Å². The molecular weight excluding hydrogens is 463 g/mol. The zero-order valence-corrected chi connectivity index (χ0v) is 21.6. The molecule has 3 aliphatic rings. The summed E-state index contributed by atoms with van der Waals surface area (Å²) in [5.41, 5.74) is 0.623. The van der Waals surface area contributed by atoms with Crippen molar-refractivity contribution in [2.75, 3.05) is 50.1 Å². The van der Waals surface area contributed by atoms with E-state index in [1.54, 1.807) is 0 Å². The molecule has 2 saturated heterocycles. The maximum Gasteiger partial charge on any atom is 0.229 e. The van der Waals surface area contributed by atoms with Gasteiger partial charge in [-0.2, -0.15) is 4.98 Å². The van der Waals surface area contributed by atoms with E-state index in [2.05, 4.69) is 58.5 Å². The highest BCUT2D eigenvalue weighted by molar-refractivity contribution is 5.61. The van der Waals surface area contributed by atoms with Gasteiger partial charge in [-0.15, -0.1) is 0 Å². The van der Waals surface area contributed by atoms with Crippen molar-refractivity contribution in [3.63, 3.8) is 0 Å². The fraction of sp³-hybridized carbons (Fsp3) is 0.615. The van der Waals surface area contributed by atoms with Gasteiger partial charge in [0.15, 0.2) is 23.1 Å². The van der Waals surface area contributed by atoms with Gasteiger partial charge in [0.2, 0.25) is 5.95 Å². The number of hydrogen-bond acceptors (Lipinski definition) is 9. The molecule has 0 aliphatic carbocycles. The molecule has 3 N–H and O–H groups in total. The fourth-order valence-corrected chi connectivity index (χ4v) is 5.63. The Balaban J connectivity index is 1.23. The number of anilines is 3. The van der Waals surface area contributed by atoms with Crippen molar-refractivity contribution in [2.24, 2.45) is 0 Å². The average molecular weight is 501 g/mol. The Morgan fingerprint density at radius 3 is 2.61 bits per heavy atom. The summed E-state index contributed by atoms with van der Waals surface area (Å²) in [5.74, 6) is 1.42. The standard InChI is InChI=1S/C26H37FN6O3/c1-25(2)12-18(13-26(3,4)32-25)29-23-20(27)14-28-24(31-23)30-17-5-6-21-22(11-17)35-16-19(36-21)15-33-7-9-34-10-8-33/h5-6,11,14,18-19,32H,7-10,12-13,15-16H2,1-4H3,(H2,28,29,30,31). The number of halogens is 1. The quantitative estimate of drug-likeness (QED) is 0.551. The highest BCUT2D eigenvalue weighted by atomic mass is 19.1. The SMILES string of the molecule is CC1(C)CC(Nc2nc(Nc3ccc4c(c3)OCC(CN3CCOCC3)O4)ncc2F)CC(C)(C)N1. The highest BCUT2D eigenvalue weighted by Crippen LogP contribution is 2.35. The van der Waals surface area contributed by atoms with E-state index >= 15 is 0 Å².